The fourth-order valence-corrected chi connectivity index (χ4v) is 4.53. The number of nitrogens with two attached hydrogens (primary N) is 1. The van der Waals surface area contributed by atoms with E-state index in [1.54, 1.807) is 36.5 Å². The first kappa shape index (κ1) is 24.2. The van der Waals surface area contributed by atoms with Crippen molar-refractivity contribution in [3.8, 4) is 11.1 Å². The number of nitrogens with one attached hydrogen (secondary N) is 1. The number of nitrogens with zero attached hydrogens (tertiary/aromatic N) is 2. The van der Waals surface area contributed by atoms with E-state index in [0.717, 1.165) is 16.1 Å². The van der Waals surface area contributed by atoms with Gasteiger partial charge in [0.2, 0.25) is 16.2 Å². The van der Waals surface area contributed by atoms with Crippen molar-refractivity contribution >= 4 is 21.6 Å². The van der Waals surface area contributed by atoms with Gasteiger partial charge in [0, 0.05) is 17.2 Å². The molecule has 8 nitrogen and oxygen atoms in total. The lowest BCUT2D eigenvalue weighted by atomic mass is 9.93. The summed E-state index contributed by atoms with van der Waals surface area (Å²) in [5.74, 6) is 5.60. The van der Waals surface area contributed by atoms with Gasteiger partial charge in [0.25, 0.3) is 5.91 Å². The molecule has 0 saturated heterocycles. The molecule has 4 N–H and O–H groups in total. The summed E-state index contributed by atoms with van der Waals surface area (Å²) >= 11 is 0. The van der Waals surface area contributed by atoms with Crippen LogP contribution in [-0.4, -0.2) is 38.8 Å². The Balaban J connectivity index is 2.00. The highest BCUT2D eigenvalue weighted by molar-refractivity contribution is 7.92. The van der Waals surface area contributed by atoms with Crippen LogP contribution < -0.4 is 20.1 Å². The minimum atomic E-state index is -3.68. The highest BCUT2D eigenvalue weighted by atomic mass is 32.2. The van der Waals surface area contributed by atoms with E-state index in [0.29, 0.717) is 22.4 Å². The number of nitrogen functional groups attached to an aromatic ring is 1. The average Bonchev–Trinajstić information content (AvgIpc) is 2.77. The molecule has 0 bridgehead atoms. The van der Waals surface area contributed by atoms with Gasteiger partial charge in [-0.15, -0.1) is 0 Å². The Morgan fingerprint density at radius 1 is 1.12 bits per heavy atom. The summed E-state index contributed by atoms with van der Waals surface area (Å²) in [6.07, 6.45) is 4.12. The molecule has 0 saturated carbocycles. The number of hydrogen-bond acceptors (Lipinski definition) is 5. The van der Waals surface area contributed by atoms with E-state index >= 15 is 0 Å². The predicted octanol–water partition coefficient (Wildman–Crippen LogP) is 1.78. The lowest BCUT2D eigenvalue weighted by molar-refractivity contribution is -0.638. The normalized spacial score (nSPS) is 11.8. The summed E-state index contributed by atoms with van der Waals surface area (Å²) in [5, 5.41) is 12.5. The Morgan fingerprint density at radius 3 is 2.45 bits per heavy atom. The molecule has 1 amide bonds. The zero-order valence-corrected chi connectivity index (χ0v) is 19.7. The van der Waals surface area contributed by atoms with E-state index in [9.17, 15) is 18.3 Å². The van der Waals surface area contributed by atoms with Gasteiger partial charge in [-0.25, -0.2) is 14.3 Å². The monoisotopic (exact) mass is 469 g/mol. The number of aliphatic hydroxyl groups is 1. The van der Waals surface area contributed by atoms with Gasteiger partial charge in [0.1, 0.15) is 5.69 Å². The van der Waals surface area contributed by atoms with Crippen LogP contribution in [0.25, 0.3) is 11.1 Å². The molecule has 2 aromatic carbocycles. The maximum Gasteiger partial charge on any atom is 0.251 e. The molecule has 0 aliphatic heterocycles. The number of carbonyl (C=O) groups is 1. The van der Waals surface area contributed by atoms with Crippen LogP contribution in [0.5, 0.6) is 0 Å². The molecular formula is C24H29N4O4S+. The molecule has 0 atom stereocenters. The summed E-state index contributed by atoms with van der Waals surface area (Å²) < 4.78 is 27.1. The quantitative estimate of drug-likeness (QED) is 0.343. The van der Waals surface area contributed by atoms with Crippen LogP contribution in [0.1, 0.15) is 29.8 Å². The lowest BCUT2D eigenvalue weighted by Crippen LogP contribution is -2.45. The van der Waals surface area contributed by atoms with Crippen molar-refractivity contribution in [2.75, 3.05) is 29.6 Å². The number of aromatic nitrogens is 1. The lowest BCUT2D eigenvalue weighted by Gasteiger charge is -2.27. The zero-order chi connectivity index (χ0) is 24.2. The molecule has 0 spiro atoms. The summed E-state index contributed by atoms with van der Waals surface area (Å²) in [4.78, 5) is 13.1. The van der Waals surface area contributed by atoms with Crippen LogP contribution in [0.2, 0.25) is 0 Å². The molecule has 0 aliphatic rings. The number of amides is 1. The van der Waals surface area contributed by atoms with Gasteiger partial charge >= 0.3 is 0 Å². The number of hydrogen-bond donors (Lipinski definition) is 3. The second kappa shape index (κ2) is 9.60. The van der Waals surface area contributed by atoms with Crippen LogP contribution >= 0.6 is 0 Å². The number of carbonyl (C=O) groups excluding carboxylic acids is 1. The molecule has 1 heterocycles. The van der Waals surface area contributed by atoms with Gasteiger partial charge in [-0.05, 0) is 37.1 Å². The predicted molar refractivity (Wildman–Crippen MR) is 128 cm³/mol. The number of sulfonamides is 1. The third kappa shape index (κ3) is 5.68. The Morgan fingerprint density at radius 2 is 1.82 bits per heavy atom. The second-order valence-electron chi connectivity index (χ2n) is 8.28. The molecule has 0 aliphatic carbocycles. The highest BCUT2D eigenvalue weighted by Crippen LogP contribution is 2.31. The number of anilines is 1. The highest BCUT2D eigenvalue weighted by Gasteiger charge is 2.26. The molecular weight excluding hydrogens is 440 g/mol. The van der Waals surface area contributed by atoms with Gasteiger partial charge in [-0.1, -0.05) is 47.1 Å². The minimum Gasteiger partial charge on any atom is -0.394 e. The Bertz CT molecular complexity index is 1240. The number of aliphatic hydroxyl groups excluding tert-OH is 1. The molecule has 3 rings (SSSR count). The Labute approximate surface area is 194 Å². The van der Waals surface area contributed by atoms with Gasteiger partial charge < -0.3 is 10.4 Å². The summed E-state index contributed by atoms with van der Waals surface area (Å²) in [5.41, 5.74) is 2.32. The fourth-order valence-electron chi connectivity index (χ4n) is 3.61. The van der Waals surface area contributed by atoms with Crippen LogP contribution in [-0.2, 0) is 15.6 Å². The molecule has 174 valence electrons. The minimum absolute atomic E-state index is 0.124. The first-order chi connectivity index (χ1) is 15.5. The van der Waals surface area contributed by atoms with E-state index in [-0.39, 0.29) is 19.1 Å². The van der Waals surface area contributed by atoms with Gasteiger partial charge in [-0.3, -0.25) is 9.10 Å². The SMILES string of the molecule is CC(C)(NC(=O)c1cccc(-c2cc[n+](N)cc2N(CCO)S(C)(=O)=O)c1)c1ccccc1. The number of benzene rings is 2. The van der Waals surface area contributed by atoms with Crippen molar-refractivity contribution in [1.82, 2.24) is 5.32 Å². The van der Waals surface area contributed by atoms with E-state index in [1.165, 1.54) is 10.9 Å². The fraction of sp³-hybridized carbons (Fsp3) is 0.250. The molecule has 3 aromatic rings. The van der Waals surface area contributed by atoms with Crippen molar-refractivity contribution in [3.05, 3.63) is 84.2 Å². The van der Waals surface area contributed by atoms with E-state index in [4.69, 9.17) is 5.84 Å². The van der Waals surface area contributed by atoms with Gasteiger partial charge in [-0.2, -0.15) is 0 Å². The van der Waals surface area contributed by atoms with Crippen molar-refractivity contribution in [1.29, 1.82) is 0 Å². The number of pyridine rings is 1. The molecule has 0 fully saturated rings. The van der Waals surface area contributed by atoms with Crippen LogP contribution in [0.3, 0.4) is 0 Å². The van der Waals surface area contributed by atoms with Crippen LogP contribution in [0.15, 0.2) is 73.1 Å². The largest absolute Gasteiger partial charge is 0.394 e. The third-order valence-electron chi connectivity index (χ3n) is 5.29. The van der Waals surface area contributed by atoms with Gasteiger partial charge in [0.15, 0.2) is 6.20 Å². The summed E-state index contributed by atoms with van der Waals surface area (Å²) in [6, 6.07) is 18.3. The summed E-state index contributed by atoms with van der Waals surface area (Å²) in [7, 11) is -3.68. The van der Waals surface area contributed by atoms with E-state index in [2.05, 4.69) is 5.32 Å². The first-order valence-corrected chi connectivity index (χ1v) is 12.2. The second-order valence-corrected chi connectivity index (χ2v) is 10.2. The standard InChI is InChI=1S/C24H28N4O4S/c1-24(2,20-10-5-4-6-11-20)26-23(30)19-9-7-8-18(16-19)21-12-13-27(25)17-22(21)28(14-15-29)33(3,31)32/h4-13,16-17,29H,14-15,25H2,1-3H3/p+1. The average molecular weight is 470 g/mol. The molecule has 9 heteroatoms. The van der Waals surface area contributed by atoms with E-state index in [1.807, 2.05) is 44.2 Å². The van der Waals surface area contributed by atoms with Crippen LogP contribution in [0, 0.1) is 0 Å². The van der Waals surface area contributed by atoms with Crippen molar-refractivity contribution < 1.29 is 23.0 Å². The van der Waals surface area contributed by atoms with Gasteiger partial charge in [0.05, 0.1) is 24.9 Å². The van der Waals surface area contributed by atoms with E-state index < -0.39 is 15.6 Å². The van der Waals surface area contributed by atoms with Crippen LogP contribution in [0.4, 0.5) is 5.69 Å². The first-order valence-electron chi connectivity index (χ1n) is 10.4. The third-order valence-corrected chi connectivity index (χ3v) is 6.47. The Kier molecular flexibility index (Phi) is 7.04. The zero-order valence-electron chi connectivity index (χ0n) is 18.9. The topological polar surface area (TPSA) is 117 Å². The van der Waals surface area contributed by atoms with Crippen molar-refractivity contribution in [2.24, 2.45) is 0 Å². The van der Waals surface area contributed by atoms with Crippen molar-refractivity contribution in [3.63, 3.8) is 0 Å². The number of rotatable bonds is 8. The maximum atomic E-state index is 13.1. The smallest absolute Gasteiger partial charge is 0.251 e. The van der Waals surface area contributed by atoms with Crippen molar-refractivity contribution in [2.45, 2.75) is 19.4 Å². The molecule has 1 aromatic heterocycles. The molecule has 0 unspecified atom stereocenters. The maximum absolute atomic E-state index is 13.1. The molecule has 33 heavy (non-hydrogen) atoms. The summed E-state index contributed by atoms with van der Waals surface area (Å²) in [6.45, 7) is 3.38. The molecule has 0 radical (unpaired) electrons. The Hall–Kier alpha value is -3.43.